The summed E-state index contributed by atoms with van der Waals surface area (Å²) in [5, 5.41) is 11.5. The van der Waals surface area contributed by atoms with E-state index in [1.165, 1.54) is 0 Å². The van der Waals surface area contributed by atoms with Gasteiger partial charge in [-0.1, -0.05) is 16.8 Å². The molecule has 16 heavy (non-hydrogen) atoms. The van der Waals surface area contributed by atoms with E-state index < -0.39 is 0 Å². The van der Waals surface area contributed by atoms with Gasteiger partial charge >= 0.3 is 0 Å². The number of hydrogen-bond donors (Lipinski definition) is 1. The van der Waals surface area contributed by atoms with E-state index >= 15 is 0 Å². The van der Waals surface area contributed by atoms with Crippen molar-refractivity contribution in [3.8, 4) is 0 Å². The summed E-state index contributed by atoms with van der Waals surface area (Å²) in [4.78, 5) is 3.92. The van der Waals surface area contributed by atoms with Gasteiger partial charge in [0.2, 0.25) is 0 Å². The smallest absolute Gasteiger partial charge is 0.0820 e. The fourth-order valence-electron chi connectivity index (χ4n) is 1.33. The van der Waals surface area contributed by atoms with Crippen molar-refractivity contribution in [2.75, 3.05) is 11.9 Å². The van der Waals surface area contributed by atoms with Crippen LogP contribution in [0.3, 0.4) is 0 Å². The molecule has 0 bridgehead atoms. The first-order chi connectivity index (χ1) is 7.86. The van der Waals surface area contributed by atoms with Crippen molar-refractivity contribution in [3.05, 3.63) is 35.9 Å². The molecule has 6 heteroatoms. The Morgan fingerprint density at radius 3 is 3.06 bits per heavy atom. The summed E-state index contributed by atoms with van der Waals surface area (Å²) in [5.41, 5.74) is 0.912. The SMILES string of the molecule is Clc1cnccc1NCCCn1ccnn1. The summed E-state index contributed by atoms with van der Waals surface area (Å²) >= 11 is 5.95. The van der Waals surface area contributed by atoms with Gasteiger partial charge in [-0.05, 0) is 12.5 Å². The molecule has 0 aliphatic rings. The van der Waals surface area contributed by atoms with Crippen LogP contribution < -0.4 is 5.32 Å². The summed E-state index contributed by atoms with van der Waals surface area (Å²) in [6.07, 6.45) is 7.82. The van der Waals surface area contributed by atoms with E-state index in [1.54, 1.807) is 23.3 Å². The highest BCUT2D eigenvalue weighted by Gasteiger charge is 1.98. The van der Waals surface area contributed by atoms with Crippen LogP contribution in [0, 0.1) is 0 Å². The number of aryl methyl sites for hydroxylation is 1. The van der Waals surface area contributed by atoms with Crippen LogP contribution >= 0.6 is 11.6 Å². The molecule has 0 aliphatic carbocycles. The average molecular weight is 238 g/mol. The number of nitrogens with zero attached hydrogens (tertiary/aromatic N) is 4. The second kappa shape index (κ2) is 5.46. The van der Waals surface area contributed by atoms with Gasteiger partial charge in [0, 0.05) is 31.7 Å². The van der Waals surface area contributed by atoms with Crippen molar-refractivity contribution in [3.63, 3.8) is 0 Å². The van der Waals surface area contributed by atoms with E-state index in [0.29, 0.717) is 5.02 Å². The maximum atomic E-state index is 5.95. The minimum Gasteiger partial charge on any atom is -0.384 e. The van der Waals surface area contributed by atoms with Crippen LogP contribution in [0.1, 0.15) is 6.42 Å². The maximum absolute atomic E-state index is 5.95. The van der Waals surface area contributed by atoms with Gasteiger partial charge in [-0.3, -0.25) is 9.67 Å². The highest BCUT2D eigenvalue weighted by Crippen LogP contribution is 2.18. The van der Waals surface area contributed by atoms with E-state index in [9.17, 15) is 0 Å². The van der Waals surface area contributed by atoms with Gasteiger partial charge in [0.15, 0.2) is 0 Å². The molecular weight excluding hydrogens is 226 g/mol. The highest BCUT2D eigenvalue weighted by atomic mass is 35.5. The third kappa shape index (κ3) is 2.93. The third-order valence-electron chi connectivity index (χ3n) is 2.12. The normalized spacial score (nSPS) is 10.3. The first-order valence-electron chi connectivity index (χ1n) is 5.04. The maximum Gasteiger partial charge on any atom is 0.0820 e. The van der Waals surface area contributed by atoms with Crippen LogP contribution in [0.2, 0.25) is 5.02 Å². The monoisotopic (exact) mass is 237 g/mol. The molecule has 0 saturated carbocycles. The Hall–Kier alpha value is -1.62. The Balaban J connectivity index is 1.74. The van der Waals surface area contributed by atoms with Crippen molar-refractivity contribution < 1.29 is 0 Å². The van der Waals surface area contributed by atoms with E-state index in [4.69, 9.17) is 11.6 Å². The largest absolute Gasteiger partial charge is 0.384 e. The quantitative estimate of drug-likeness (QED) is 0.807. The predicted molar refractivity (Wildman–Crippen MR) is 62.4 cm³/mol. The van der Waals surface area contributed by atoms with Crippen LogP contribution in [0.4, 0.5) is 5.69 Å². The molecule has 0 saturated heterocycles. The Bertz CT molecular complexity index is 429. The molecule has 0 spiro atoms. The standard InChI is InChI=1S/C10H12ClN5/c11-9-8-12-4-2-10(9)13-3-1-6-16-7-5-14-15-16/h2,4-5,7-8H,1,3,6H2,(H,12,13). The fourth-order valence-corrected chi connectivity index (χ4v) is 1.52. The Morgan fingerprint density at radius 2 is 2.31 bits per heavy atom. The van der Waals surface area contributed by atoms with E-state index in [1.807, 2.05) is 12.3 Å². The van der Waals surface area contributed by atoms with Gasteiger partial charge in [0.05, 0.1) is 16.9 Å². The molecule has 84 valence electrons. The Kier molecular flexibility index (Phi) is 3.71. The van der Waals surface area contributed by atoms with E-state index in [2.05, 4.69) is 20.6 Å². The molecule has 2 rings (SSSR count). The van der Waals surface area contributed by atoms with Crippen molar-refractivity contribution >= 4 is 17.3 Å². The zero-order valence-corrected chi connectivity index (χ0v) is 9.43. The van der Waals surface area contributed by atoms with Crippen molar-refractivity contribution in [1.29, 1.82) is 0 Å². The molecule has 0 unspecified atom stereocenters. The van der Waals surface area contributed by atoms with E-state index in [0.717, 1.165) is 25.2 Å². The van der Waals surface area contributed by atoms with Crippen LogP contribution in [-0.2, 0) is 6.54 Å². The minimum absolute atomic E-state index is 0.642. The van der Waals surface area contributed by atoms with Crippen LogP contribution in [0.25, 0.3) is 0 Å². The topological polar surface area (TPSA) is 55.6 Å². The molecule has 0 fully saturated rings. The second-order valence-electron chi connectivity index (χ2n) is 3.30. The Labute approximate surface area is 98.5 Å². The molecule has 0 aliphatic heterocycles. The van der Waals surface area contributed by atoms with E-state index in [-0.39, 0.29) is 0 Å². The molecule has 2 aromatic rings. The summed E-state index contributed by atoms with van der Waals surface area (Å²) in [7, 11) is 0. The number of aromatic nitrogens is 4. The number of rotatable bonds is 5. The zero-order chi connectivity index (χ0) is 11.2. The highest BCUT2D eigenvalue weighted by molar-refractivity contribution is 6.33. The number of pyridine rings is 1. The molecular formula is C10H12ClN5. The van der Waals surface area contributed by atoms with Crippen LogP contribution in [0.15, 0.2) is 30.9 Å². The van der Waals surface area contributed by atoms with Gasteiger partial charge in [-0.2, -0.15) is 0 Å². The third-order valence-corrected chi connectivity index (χ3v) is 2.43. The number of nitrogens with one attached hydrogen (secondary N) is 1. The molecule has 2 aromatic heterocycles. The van der Waals surface area contributed by atoms with Crippen molar-refractivity contribution in [2.24, 2.45) is 0 Å². The summed E-state index contributed by atoms with van der Waals surface area (Å²) in [6.45, 7) is 1.68. The lowest BCUT2D eigenvalue weighted by Crippen LogP contribution is -2.07. The minimum atomic E-state index is 0.642. The summed E-state index contributed by atoms with van der Waals surface area (Å²) < 4.78 is 1.80. The van der Waals surface area contributed by atoms with Gasteiger partial charge in [-0.15, -0.1) is 5.10 Å². The molecule has 0 atom stereocenters. The lowest BCUT2D eigenvalue weighted by atomic mass is 10.3. The van der Waals surface area contributed by atoms with Gasteiger partial charge in [0.1, 0.15) is 0 Å². The first kappa shape index (κ1) is 10.9. The van der Waals surface area contributed by atoms with Crippen molar-refractivity contribution in [1.82, 2.24) is 20.0 Å². The predicted octanol–water partition coefficient (Wildman–Crippen LogP) is 1.83. The molecule has 0 aromatic carbocycles. The first-order valence-corrected chi connectivity index (χ1v) is 5.41. The number of halogens is 1. The summed E-state index contributed by atoms with van der Waals surface area (Å²) in [6, 6.07) is 1.86. The van der Waals surface area contributed by atoms with Gasteiger partial charge in [0.25, 0.3) is 0 Å². The molecule has 0 amide bonds. The molecule has 1 N–H and O–H groups in total. The zero-order valence-electron chi connectivity index (χ0n) is 8.67. The van der Waals surface area contributed by atoms with Gasteiger partial charge in [-0.25, -0.2) is 0 Å². The van der Waals surface area contributed by atoms with Crippen LogP contribution in [-0.4, -0.2) is 26.5 Å². The molecule has 0 radical (unpaired) electrons. The van der Waals surface area contributed by atoms with Crippen LogP contribution in [0.5, 0.6) is 0 Å². The molecule has 2 heterocycles. The Morgan fingerprint density at radius 1 is 1.38 bits per heavy atom. The number of hydrogen-bond acceptors (Lipinski definition) is 4. The van der Waals surface area contributed by atoms with Crippen molar-refractivity contribution in [2.45, 2.75) is 13.0 Å². The second-order valence-corrected chi connectivity index (χ2v) is 3.71. The summed E-state index contributed by atoms with van der Waals surface area (Å²) in [5.74, 6) is 0. The average Bonchev–Trinajstić information content (AvgIpc) is 2.79. The number of anilines is 1. The van der Waals surface area contributed by atoms with Gasteiger partial charge < -0.3 is 5.32 Å². The lowest BCUT2D eigenvalue weighted by molar-refractivity contribution is 0.570. The fraction of sp³-hybridized carbons (Fsp3) is 0.300. The molecule has 5 nitrogen and oxygen atoms in total. The lowest BCUT2D eigenvalue weighted by Gasteiger charge is -2.07.